The number of rotatable bonds is 4. The molecule has 4 rings (SSSR count). The van der Waals surface area contributed by atoms with Gasteiger partial charge < -0.3 is 14.5 Å². The lowest BCUT2D eigenvalue weighted by molar-refractivity contribution is -0.139. The number of ether oxygens (including phenoxy) is 1. The van der Waals surface area contributed by atoms with Crippen molar-refractivity contribution in [1.29, 1.82) is 0 Å². The zero-order valence-electron chi connectivity index (χ0n) is 15.8. The predicted octanol–water partition coefficient (Wildman–Crippen LogP) is 3.59. The first kappa shape index (κ1) is 18.9. The van der Waals surface area contributed by atoms with Crippen molar-refractivity contribution < 1.29 is 14.3 Å². The molecule has 2 aliphatic rings. The smallest absolute Gasteiger partial charge is 0.265 e. The molecule has 0 bridgehead atoms. The van der Waals surface area contributed by atoms with Crippen LogP contribution in [0.5, 0.6) is 5.75 Å². The topological polar surface area (TPSA) is 49.9 Å². The highest BCUT2D eigenvalue weighted by molar-refractivity contribution is 8.00. The summed E-state index contributed by atoms with van der Waals surface area (Å²) in [6.07, 6.45) is 2.59. The summed E-state index contributed by atoms with van der Waals surface area (Å²) in [5.74, 6) is 0.897. The summed E-state index contributed by atoms with van der Waals surface area (Å²) in [7, 11) is 0. The number of carbonyl (C=O) groups excluding carboxylic acids is 2. The zero-order chi connectivity index (χ0) is 19.3. The second-order valence-corrected chi connectivity index (χ2v) is 8.11. The quantitative estimate of drug-likeness (QED) is 0.741. The summed E-state index contributed by atoms with van der Waals surface area (Å²) in [6.45, 7) is 1.82. The highest BCUT2D eigenvalue weighted by Gasteiger charge is 2.36. The molecule has 0 saturated carbocycles. The number of likely N-dealkylation sites (tertiary alicyclic amines) is 1. The molecule has 2 heterocycles. The summed E-state index contributed by atoms with van der Waals surface area (Å²) in [6, 6.07) is 17.3. The van der Waals surface area contributed by atoms with Gasteiger partial charge in [-0.1, -0.05) is 30.3 Å². The minimum Gasteiger partial charge on any atom is -0.476 e. The van der Waals surface area contributed by atoms with E-state index in [0.29, 0.717) is 11.5 Å². The van der Waals surface area contributed by atoms with Crippen LogP contribution in [0.15, 0.2) is 59.5 Å². The van der Waals surface area contributed by atoms with Crippen molar-refractivity contribution >= 4 is 29.3 Å². The van der Waals surface area contributed by atoms with E-state index < -0.39 is 6.10 Å². The summed E-state index contributed by atoms with van der Waals surface area (Å²) in [4.78, 5) is 30.6. The lowest BCUT2D eigenvalue weighted by Crippen LogP contribution is -2.53. The molecule has 0 spiro atoms. The maximum Gasteiger partial charge on any atom is 0.265 e. The Labute approximate surface area is 169 Å². The van der Waals surface area contributed by atoms with E-state index in [9.17, 15) is 9.59 Å². The average Bonchev–Trinajstić information content (AvgIpc) is 2.77. The van der Waals surface area contributed by atoms with Gasteiger partial charge in [0, 0.05) is 18.0 Å². The number of carbonyl (C=O) groups is 2. The highest BCUT2D eigenvalue weighted by Crippen LogP contribution is 2.34. The Bertz CT molecular complexity index is 837. The summed E-state index contributed by atoms with van der Waals surface area (Å²) in [5.41, 5.74) is 0.740. The Kier molecular flexibility index (Phi) is 5.86. The third kappa shape index (κ3) is 4.17. The normalized spacial score (nSPS) is 18.9. The third-order valence-corrected chi connectivity index (χ3v) is 6.12. The maximum atomic E-state index is 13.0. The number of benzene rings is 2. The number of anilines is 1. The van der Waals surface area contributed by atoms with Gasteiger partial charge in [0.25, 0.3) is 5.91 Å². The second-order valence-electron chi connectivity index (χ2n) is 7.07. The molecule has 2 aromatic carbocycles. The van der Waals surface area contributed by atoms with Crippen LogP contribution in [0.1, 0.15) is 19.3 Å². The third-order valence-electron chi connectivity index (χ3n) is 5.12. The minimum atomic E-state index is -0.640. The molecule has 0 aromatic heterocycles. The van der Waals surface area contributed by atoms with Crippen LogP contribution in [0, 0.1) is 0 Å². The Morgan fingerprint density at radius 3 is 2.46 bits per heavy atom. The number of fused-ring (bicyclic) bond motifs is 1. The molecule has 0 N–H and O–H groups in total. The Morgan fingerprint density at radius 1 is 0.964 bits per heavy atom. The fourth-order valence-corrected chi connectivity index (χ4v) is 4.45. The SMILES string of the molecule is O=C([C@@H]1CN(C(=O)CSc2ccccc2)c2ccccc2O1)N1CCCCC1. The van der Waals surface area contributed by atoms with Crippen LogP contribution in [0.25, 0.3) is 0 Å². The number of hydrogen-bond acceptors (Lipinski definition) is 4. The van der Waals surface area contributed by atoms with Crippen molar-refractivity contribution in [2.45, 2.75) is 30.3 Å². The molecule has 1 fully saturated rings. The molecule has 1 saturated heterocycles. The number of hydrogen-bond donors (Lipinski definition) is 0. The van der Waals surface area contributed by atoms with Gasteiger partial charge in [0.15, 0.2) is 6.10 Å². The Morgan fingerprint density at radius 2 is 1.68 bits per heavy atom. The van der Waals surface area contributed by atoms with Crippen molar-refractivity contribution in [1.82, 2.24) is 4.90 Å². The molecule has 0 unspecified atom stereocenters. The van der Waals surface area contributed by atoms with Crippen LogP contribution in [0.2, 0.25) is 0 Å². The van der Waals surface area contributed by atoms with Crippen LogP contribution in [-0.2, 0) is 9.59 Å². The largest absolute Gasteiger partial charge is 0.476 e. The van der Waals surface area contributed by atoms with Gasteiger partial charge in [0.1, 0.15) is 5.75 Å². The van der Waals surface area contributed by atoms with Gasteiger partial charge in [-0.05, 0) is 43.5 Å². The molecule has 1 atom stereocenters. The van der Waals surface area contributed by atoms with Crippen molar-refractivity contribution in [3.05, 3.63) is 54.6 Å². The van der Waals surface area contributed by atoms with E-state index in [4.69, 9.17) is 4.74 Å². The van der Waals surface area contributed by atoms with E-state index in [1.807, 2.05) is 59.5 Å². The van der Waals surface area contributed by atoms with E-state index >= 15 is 0 Å². The average molecular weight is 397 g/mol. The monoisotopic (exact) mass is 396 g/mol. The minimum absolute atomic E-state index is 0.0114. The van der Waals surface area contributed by atoms with Gasteiger partial charge in [0.2, 0.25) is 5.91 Å². The molecule has 5 nitrogen and oxygen atoms in total. The first-order valence-corrected chi connectivity index (χ1v) is 10.7. The van der Waals surface area contributed by atoms with E-state index in [2.05, 4.69) is 0 Å². The number of nitrogens with zero attached hydrogens (tertiary/aromatic N) is 2. The molecule has 28 heavy (non-hydrogen) atoms. The first-order valence-electron chi connectivity index (χ1n) is 9.75. The van der Waals surface area contributed by atoms with Gasteiger partial charge in [-0.25, -0.2) is 0 Å². The van der Waals surface area contributed by atoms with Crippen molar-refractivity contribution in [3.8, 4) is 5.75 Å². The van der Waals surface area contributed by atoms with Crippen LogP contribution < -0.4 is 9.64 Å². The maximum absolute atomic E-state index is 13.0. The lowest BCUT2D eigenvalue weighted by atomic mass is 10.1. The molecule has 146 valence electrons. The fraction of sp³-hybridized carbons (Fsp3) is 0.364. The van der Waals surface area contributed by atoms with Crippen molar-refractivity contribution in [3.63, 3.8) is 0 Å². The van der Waals surface area contributed by atoms with Crippen LogP contribution in [0.4, 0.5) is 5.69 Å². The molecule has 0 aliphatic carbocycles. The second kappa shape index (κ2) is 8.69. The molecule has 6 heteroatoms. The number of thioether (sulfide) groups is 1. The summed E-state index contributed by atoms with van der Waals surface area (Å²) < 4.78 is 6.00. The molecular formula is C22H24N2O3S. The molecule has 2 aromatic rings. The Balaban J connectivity index is 1.50. The van der Waals surface area contributed by atoms with E-state index in [1.54, 1.807) is 4.90 Å². The standard InChI is InChI=1S/C22H24N2O3S/c25-21(16-28-17-9-3-1-4-10-17)24-15-20(22(26)23-13-7-2-8-14-23)27-19-12-6-5-11-18(19)24/h1,3-6,9-12,20H,2,7-8,13-16H2/t20-/m0/s1. The fourth-order valence-electron chi connectivity index (χ4n) is 3.66. The van der Waals surface area contributed by atoms with Gasteiger partial charge in [-0.3, -0.25) is 9.59 Å². The van der Waals surface area contributed by atoms with E-state index in [-0.39, 0.29) is 18.4 Å². The predicted molar refractivity (Wildman–Crippen MR) is 111 cm³/mol. The van der Waals surface area contributed by atoms with Crippen LogP contribution >= 0.6 is 11.8 Å². The lowest BCUT2D eigenvalue weighted by Gasteiger charge is -2.37. The zero-order valence-corrected chi connectivity index (χ0v) is 16.6. The summed E-state index contributed by atoms with van der Waals surface area (Å²) in [5, 5.41) is 0. The molecule has 0 radical (unpaired) electrons. The summed E-state index contributed by atoms with van der Waals surface area (Å²) >= 11 is 1.51. The van der Waals surface area contributed by atoms with E-state index in [0.717, 1.165) is 36.5 Å². The molecule has 2 aliphatic heterocycles. The number of amides is 2. The van der Waals surface area contributed by atoms with Gasteiger partial charge in [-0.15, -0.1) is 11.8 Å². The van der Waals surface area contributed by atoms with Crippen molar-refractivity contribution in [2.24, 2.45) is 0 Å². The molecular weight excluding hydrogens is 372 g/mol. The van der Waals surface area contributed by atoms with Gasteiger partial charge in [-0.2, -0.15) is 0 Å². The van der Waals surface area contributed by atoms with Crippen LogP contribution in [-0.4, -0.2) is 48.2 Å². The first-order chi connectivity index (χ1) is 13.7. The number of para-hydroxylation sites is 2. The highest BCUT2D eigenvalue weighted by atomic mass is 32.2. The van der Waals surface area contributed by atoms with Gasteiger partial charge in [0.05, 0.1) is 18.0 Å². The Hall–Kier alpha value is -2.47. The number of piperidine rings is 1. The van der Waals surface area contributed by atoms with Gasteiger partial charge >= 0.3 is 0 Å². The van der Waals surface area contributed by atoms with E-state index in [1.165, 1.54) is 18.2 Å². The van der Waals surface area contributed by atoms with Crippen LogP contribution in [0.3, 0.4) is 0 Å². The van der Waals surface area contributed by atoms with Crippen molar-refractivity contribution in [2.75, 3.05) is 30.3 Å². The molecule has 2 amide bonds.